The van der Waals surface area contributed by atoms with E-state index in [-0.39, 0.29) is 23.3 Å². The van der Waals surface area contributed by atoms with Crippen molar-refractivity contribution in [2.75, 3.05) is 6.54 Å². The zero-order valence-corrected chi connectivity index (χ0v) is 34.3. The van der Waals surface area contributed by atoms with Crippen LogP contribution in [0.1, 0.15) is 88.8 Å². The summed E-state index contributed by atoms with van der Waals surface area (Å²) in [6.45, 7) is 17.6. The number of nitrogens with zero attached hydrogens (tertiary/aromatic N) is 9. The third kappa shape index (κ3) is 5.65. The molecule has 15 heteroatoms. The molecule has 0 radical (unpaired) electrons. The molecule has 9 rings (SSSR count). The van der Waals surface area contributed by atoms with Crippen molar-refractivity contribution in [2.24, 2.45) is 13.0 Å². The van der Waals surface area contributed by atoms with Crippen molar-refractivity contribution in [3.05, 3.63) is 145 Å². The molecule has 59 heavy (non-hydrogen) atoms. The Morgan fingerprint density at radius 3 is 2.42 bits per heavy atom. The van der Waals surface area contributed by atoms with Gasteiger partial charge in [0.25, 0.3) is 5.91 Å². The Balaban J connectivity index is 1.21. The van der Waals surface area contributed by atoms with E-state index >= 15 is 9.18 Å². The number of amides is 1. The van der Waals surface area contributed by atoms with Crippen molar-refractivity contribution in [3.63, 3.8) is 0 Å². The normalized spacial score (nSPS) is 19.0. The highest BCUT2D eigenvalue weighted by Gasteiger charge is 2.59. The first-order chi connectivity index (χ1) is 28.1. The summed E-state index contributed by atoms with van der Waals surface area (Å²) in [5.74, 6) is -0.371. The molecule has 14 nitrogen and oxygen atoms in total. The minimum absolute atomic E-state index is 0.0230. The number of hydrogen-bond donors (Lipinski definition) is 1. The van der Waals surface area contributed by atoms with E-state index in [0.29, 0.717) is 64.8 Å². The molecule has 1 N–H and O–H groups in total. The largest absolute Gasteiger partial charge is 0.438 e. The van der Waals surface area contributed by atoms with Gasteiger partial charge >= 0.3 is 11.4 Å². The Kier molecular flexibility index (Phi) is 8.58. The number of aromatic amines is 1. The van der Waals surface area contributed by atoms with Crippen LogP contribution in [0, 0.1) is 39.4 Å². The van der Waals surface area contributed by atoms with Gasteiger partial charge in [0.2, 0.25) is 0 Å². The first-order valence-electron chi connectivity index (χ1n) is 19.7. The molecule has 6 heterocycles. The highest BCUT2D eigenvalue weighted by Crippen LogP contribution is 2.55. The fourth-order valence-electron chi connectivity index (χ4n) is 9.11. The number of aryl methyl sites for hydroxylation is 5. The van der Waals surface area contributed by atoms with Crippen LogP contribution in [0.4, 0.5) is 4.39 Å². The van der Waals surface area contributed by atoms with Gasteiger partial charge in [0, 0.05) is 49.1 Å². The molecular weight excluding hydrogens is 752 g/mol. The van der Waals surface area contributed by atoms with Crippen molar-refractivity contribution >= 4 is 22.9 Å². The number of fused-ring (bicyclic) bond motifs is 2. The molecule has 1 saturated carbocycles. The van der Waals surface area contributed by atoms with Gasteiger partial charge in [-0.3, -0.25) is 28.1 Å². The van der Waals surface area contributed by atoms with Crippen LogP contribution in [0.5, 0.6) is 0 Å². The van der Waals surface area contributed by atoms with Crippen molar-refractivity contribution in [1.82, 2.24) is 48.3 Å². The number of hydrogen-bond acceptors (Lipinski definition) is 7. The second-order valence-corrected chi connectivity index (χ2v) is 16.2. The van der Waals surface area contributed by atoms with Crippen molar-refractivity contribution < 1.29 is 13.7 Å². The molecule has 3 atom stereocenters. The standard InChI is InChI=1S/C44H45FN10O4/c1-23(2)10-11-33-24(3)20-36(54(33)44(21-27(44)6)41-47-42(57)59-49-41)40(56)51-15-14-32-37(29(51)8)39(55(48-32)30-18-25(4)38(45)26(5)19-30)53-17-16-52(43(53)58)34-12-13-35-31(28(34)7)22-46-50(35)9/h10-13,16-20,22,27,29H,1,14-15,21H2,2-9H3,(H,47,49,57)/b11-10-/t27-,29-,44-/m0/s1. The molecule has 302 valence electrons. The second kappa shape index (κ2) is 13.4. The maximum Gasteiger partial charge on any atom is 0.438 e. The smallest absolute Gasteiger partial charge is 0.330 e. The van der Waals surface area contributed by atoms with Crippen LogP contribution in [-0.4, -0.2) is 60.8 Å². The number of allylic oxidation sites excluding steroid dienone is 2. The zero-order valence-electron chi connectivity index (χ0n) is 34.3. The van der Waals surface area contributed by atoms with Gasteiger partial charge in [-0.2, -0.15) is 10.2 Å². The average Bonchev–Trinajstić information content (AvgIpc) is 3.80. The lowest BCUT2D eigenvalue weighted by molar-refractivity contribution is 0.0662. The van der Waals surface area contributed by atoms with E-state index in [0.717, 1.165) is 39.0 Å². The van der Waals surface area contributed by atoms with Gasteiger partial charge in [0.05, 0.1) is 34.8 Å². The van der Waals surface area contributed by atoms with Gasteiger partial charge in [-0.1, -0.05) is 30.3 Å². The first kappa shape index (κ1) is 37.8. The molecule has 0 unspecified atom stereocenters. The van der Waals surface area contributed by atoms with Gasteiger partial charge in [0.15, 0.2) is 5.82 Å². The lowest BCUT2D eigenvalue weighted by Crippen LogP contribution is -2.41. The minimum Gasteiger partial charge on any atom is -0.330 e. The van der Waals surface area contributed by atoms with Gasteiger partial charge in [0.1, 0.15) is 22.9 Å². The molecule has 0 bridgehead atoms. The maximum atomic E-state index is 15.2. The molecule has 1 aliphatic carbocycles. The number of H-pyrrole nitrogens is 1. The van der Waals surface area contributed by atoms with Gasteiger partial charge in [-0.05, 0) is 113 Å². The lowest BCUT2D eigenvalue weighted by atomic mass is 9.98. The van der Waals surface area contributed by atoms with Crippen LogP contribution < -0.4 is 11.4 Å². The van der Waals surface area contributed by atoms with Crippen LogP contribution in [0.15, 0.2) is 81.3 Å². The topological polar surface area (TPSA) is 147 Å². The summed E-state index contributed by atoms with van der Waals surface area (Å²) in [5.41, 5.74) is 7.21. The number of imidazole rings is 1. The highest BCUT2D eigenvalue weighted by atomic mass is 19.1. The van der Waals surface area contributed by atoms with E-state index in [2.05, 4.69) is 28.7 Å². The van der Waals surface area contributed by atoms with Crippen LogP contribution in [0.2, 0.25) is 0 Å². The van der Waals surface area contributed by atoms with E-state index in [1.54, 1.807) is 63.1 Å². The third-order valence-corrected chi connectivity index (χ3v) is 12.3. The molecule has 1 aliphatic heterocycles. The van der Waals surface area contributed by atoms with Gasteiger partial charge in [-0.15, -0.1) is 0 Å². The Hall–Kier alpha value is -6.77. The Morgan fingerprint density at radius 1 is 1.05 bits per heavy atom. The summed E-state index contributed by atoms with van der Waals surface area (Å²) in [4.78, 5) is 46.8. The summed E-state index contributed by atoms with van der Waals surface area (Å²) in [5, 5.41) is 14.6. The average molecular weight is 797 g/mol. The van der Waals surface area contributed by atoms with Crippen LogP contribution >= 0.6 is 0 Å². The number of nitrogens with one attached hydrogen (secondary N) is 1. The van der Waals surface area contributed by atoms with Crippen LogP contribution in [-0.2, 0) is 19.0 Å². The summed E-state index contributed by atoms with van der Waals surface area (Å²) in [6, 6.07) is 8.63. The van der Waals surface area contributed by atoms with E-state index in [1.165, 1.54) is 0 Å². The third-order valence-electron chi connectivity index (χ3n) is 12.3. The molecular formula is C44H45FN10O4. The Bertz CT molecular complexity index is 3030. The SMILES string of the molecule is C=C(C)/C=C\c1c(C)cc(C(=O)N2CCc3nn(-c4cc(C)c(F)c(C)c4)c(-n4ccn(-c5ccc6c(cnn6C)c5C)c4=O)c3[C@@H]2C)n1[C@@]1(c2noc(=O)[nH]2)C[C@@H]1C. The maximum absolute atomic E-state index is 15.2. The summed E-state index contributed by atoms with van der Waals surface area (Å²) >= 11 is 0. The van der Waals surface area contributed by atoms with Crippen molar-refractivity contribution in [1.29, 1.82) is 0 Å². The summed E-state index contributed by atoms with van der Waals surface area (Å²) in [7, 11) is 1.88. The summed E-state index contributed by atoms with van der Waals surface area (Å²) < 4.78 is 28.7. The van der Waals surface area contributed by atoms with E-state index in [4.69, 9.17) is 9.62 Å². The van der Waals surface area contributed by atoms with E-state index in [9.17, 15) is 9.59 Å². The molecule has 0 saturated heterocycles. The van der Waals surface area contributed by atoms with Gasteiger partial charge in [-0.25, -0.2) is 18.7 Å². The number of rotatable bonds is 8. The molecule has 7 aromatic rings. The van der Waals surface area contributed by atoms with E-state index in [1.807, 2.05) is 74.6 Å². The number of halogens is 1. The molecule has 0 spiro atoms. The van der Waals surface area contributed by atoms with Crippen molar-refractivity contribution in [2.45, 2.75) is 72.9 Å². The lowest BCUT2D eigenvalue weighted by Gasteiger charge is -2.34. The van der Waals surface area contributed by atoms with Crippen LogP contribution in [0.25, 0.3) is 34.2 Å². The predicted octanol–water partition coefficient (Wildman–Crippen LogP) is 6.68. The quantitative estimate of drug-likeness (QED) is 0.169. The number of carbonyl (C=O) groups excluding carboxylic acids is 1. The fourth-order valence-corrected chi connectivity index (χ4v) is 9.11. The summed E-state index contributed by atoms with van der Waals surface area (Å²) in [6.07, 6.45) is 10.1. The fraction of sp³-hybridized carbons (Fsp3) is 0.318. The molecule has 2 aromatic carbocycles. The Morgan fingerprint density at radius 2 is 1.76 bits per heavy atom. The Labute approximate surface area is 338 Å². The van der Waals surface area contributed by atoms with E-state index < -0.39 is 17.3 Å². The first-order valence-corrected chi connectivity index (χ1v) is 19.7. The number of benzene rings is 2. The molecule has 1 amide bonds. The number of carbonyl (C=O) groups is 1. The highest BCUT2D eigenvalue weighted by molar-refractivity contribution is 5.95. The van der Waals surface area contributed by atoms with Crippen LogP contribution in [0.3, 0.4) is 0 Å². The molecule has 5 aromatic heterocycles. The van der Waals surface area contributed by atoms with Crippen molar-refractivity contribution in [3.8, 4) is 17.2 Å². The number of aromatic nitrogens is 9. The minimum atomic E-state index is -0.828. The second-order valence-electron chi connectivity index (χ2n) is 16.2. The monoisotopic (exact) mass is 796 g/mol. The predicted molar refractivity (Wildman–Crippen MR) is 221 cm³/mol. The molecule has 2 aliphatic rings. The molecule has 1 fully saturated rings. The van der Waals surface area contributed by atoms with Gasteiger partial charge < -0.3 is 9.47 Å². The zero-order chi connectivity index (χ0) is 41.8.